The second kappa shape index (κ2) is 12.8. The minimum absolute atomic E-state index is 0.197. The van der Waals surface area contributed by atoms with Gasteiger partial charge in [-0.3, -0.25) is 0 Å². The average molecular weight is 697 g/mol. The minimum atomic E-state index is -1.03. The molecule has 1 fully saturated rings. The Bertz CT molecular complexity index is 2020. The molecule has 240 valence electrons. The van der Waals surface area contributed by atoms with Gasteiger partial charge in [0.05, 0.1) is 41.2 Å². The molecule has 3 aromatic heterocycles. The lowest BCUT2D eigenvalue weighted by molar-refractivity contribution is -0.0364. The van der Waals surface area contributed by atoms with Crippen LogP contribution in [0, 0.1) is 5.41 Å². The van der Waals surface area contributed by atoms with Gasteiger partial charge in [-0.1, -0.05) is 37.3 Å². The maximum Gasteiger partial charge on any atom is 0.231 e. The van der Waals surface area contributed by atoms with Crippen LogP contribution in [0.2, 0.25) is 0 Å². The van der Waals surface area contributed by atoms with Crippen molar-refractivity contribution in [3.05, 3.63) is 107 Å². The summed E-state index contributed by atoms with van der Waals surface area (Å²) in [7, 11) is 1.65. The highest BCUT2D eigenvalue weighted by atomic mass is 79.9. The fourth-order valence-corrected chi connectivity index (χ4v) is 6.63. The number of halogens is 1. The number of hydrogen-bond donors (Lipinski definition) is 3. The lowest BCUT2D eigenvalue weighted by Crippen LogP contribution is -2.38. The first-order valence-electron chi connectivity index (χ1n) is 15.3. The van der Waals surface area contributed by atoms with Gasteiger partial charge >= 0.3 is 0 Å². The molecule has 0 aliphatic heterocycles. The van der Waals surface area contributed by atoms with E-state index in [0.717, 1.165) is 37.9 Å². The molecule has 1 saturated carbocycles. The molecular weight excluding hydrogens is 662 g/mol. The number of aliphatic hydroxyl groups excluding tert-OH is 2. The zero-order valence-electron chi connectivity index (χ0n) is 25.9. The molecule has 47 heavy (non-hydrogen) atoms. The Kier molecular flexibility index (Phi) is 8.44. The highest BCUT2D eigenvalue weighted by molar-refractivity contribution is 9.10. The van der Waals surface area contributed by atoms with Crippen LogP contribution < -0.4 is 19.5 Å². The lowest BCUT2D eigenvalue weighted by Gasteiger charge is -2.28. The van der Waals surface area contributed by atoms with Crippen LogP contribution in [0.25, 0.3) is 21.9 Å². The van der Waals surface area contributed by atoms with Crippen LogP contribution in [-0.4, -0.2) is 55.7 Å². The molecule has 0 spiro atoms. The summed E-state index contributed by atoms with van der Waals surface area (Å²) in [5.41, 5.74) is 1.76. The molecular formula is C36H34BrN5O5. The zero-order valence-corrected chi connectivity index (χ0v) is 27.5. The van der Waals surface area contributed by atoms with Crippen molar-refractivity contribution >= 4 is 43.7 Å². The van der Waals surface area contributed by atoms with Gasteiger partial charge in [0.25, 0.3) is 0 Å². The van der Waals surface area contributed by atoms with Gasteiger partial charge in [0, 0.05) is 29.6 Å². The first-order valence-corrected chi connectivity index (χ1v) is 16.1. The molecule has 3 N–H and O–H groups in total. The maximum atomic E-state index is 11.3. The van der Waals surface area contributed by atoms with Crippen LogP contribution >= 0.6 is 15.9 Å². The molecule has 6 aromatic rings. The first kappa shape index (κ1) is 30.9. The van der Waals surface area contributed by atoms with E-state index in [1.165, 1.54) is 6.33 Å². The van der Waals surface area contributed by atoms with Crippen LogP contribution in [0.15, 0.2) is 102 Å². The Labute approximate surface area is 280 Å². The summed E-state index contributed by atoms with van der Waals surface area (Å²) in [6.07, 6.45) is 1.73. The SMILES string of the molecule is COc1ccc(CNc2nc3cc(OC[C@@]4(C)C[C@@H](n5ccc6c(Oc7ccccc7)ncnc65)[C@H](O)[C@@H]4O)ccc3cc2Br)cc1. The highest BCUT2D eigenvalue weighted by Crippen LogP contribution is 2.46. The smallest absolute Gasteiger partial charge is 0.231 e. The third-order valence-electron chi connectivity index (χ3n) is 8.83. The maximum absolute atomic E-state index is 11.3. The molecule has 11 heteroatoms. The predicted octanol–water partition coefficient (Wildman–Crippen LogP) is 6.91. The van der Waals surface area contributed by atoms with Crippen molar-refractivity contribution in [1.29, 1.82) is 0 Å². The van der Waals surface area contributed by atoms with Crippen LogP contribution in [-0.2, 0) is 6.54 Å². The summed E-state index contributed by atoms with van der Waals surface area (Å²) >= 11 is 3.64. The van der Waals surface area contributed by atoms with E-state index in [4.69, 9.17) is 19.2 Å². The number of benzene rings is 3. The van der Waals surface area contributed by atoms with Crippen LogP contribution in [0.3, 0.4) is 0 Å². The predicted molar refractivity (Wildman–Crippen MR) is 183 cm³/mol. The van der Waals surface area contributed by atoms with Crippen molar-refractivity contribution in [1.82, 2.24) is 19.5 Å². The van der Waals surface area contributed by atoms with Crippen molar-refractivity contribution in [3.63, 3.8) is 0 Å². The quantitative estimate of drug-likeness (QED) is 0.140. The summed E-state index contributed by atoms with van der Waals surface area (Å²) in [6.45, 7) is 2.73. The summed E-state index contributed by atoms with van der Waals surface area (Å²) in [4.78, 5) is 13.7. The monoisotopic (exact) mass is 695 g/mol. The Balaban J connectivity index is 1.06. The van der Waals surface area contributed by atoms with Gasteiger partial charge in [-0.25, -0.2) is 15.0 Å². The van der Waals surface area contributed by atoms with Crippen LogP contribution in [0.4, 0.5) is 5.82 Å². The average Bonchev–Trinajstić information content (AvgIpc) is 3.62. The van der Waals surface area contributed by atoms with Gasteiger partial charge in [-0.05, 0) is 76.4 Å². The zero-order chi connectivity index (χ0) is 32.5. The van der Waals surface area contributed by atoms with Crippen LogP contribution in [0.5, 0.6) is 23.1 Å². The van der Waals surface area contributed by atoms with E-state index >= 15 is 0 Å². The Hall–Kier alpha value is -4.71. The van der Waals surface area contributed by atoms with Gasteiger partial charge in [0.2, 0.25) is 5.88 Å². The fourth-order valence-electron chi connectivity index (χ4n) is 6.16. The molecule has 0 unspecified atom stereocenters. The lowest BCUT2D eigenvalue weighted by atomic mass is 9.87. The number of nitrogens with zero attached hydrogens (tertiary/aromatic N) is 4. The number of aliphatic hydroxyl groups is 2. The summed E-state index contributed by atoms with van der Waals surface area (Å²) in [6, 6.07) is 26.5. The molecule has 3 heterocycles. The number of fused-ring (bicyclic) bond motifs is 2. The standard InChI is InChI=1S/C36H34BrN5O5/c1-36(18-30(31(43)32(36)44)42-15-14-27-34(42)39-21-40-35(27)47-25-6-4-3-5-7-25)20-46-26-13-10-23-16-28(37)33(41-29(23)17-26)38-19-22-8-11-24(45-2)12-9-22/h3-17,21,30-32,43-44H,18-20H2,1-2H3,(H,38,41)/t30-,31+,32+,36-/m1/s1. The number of aromatic nitrogens is 4. The summed E-state index contributed by atoms with van der Waals surface area (Å²) < 4.78 is 20.3. The van der Waals surface area contributed by atoms with Gasteiger partial charge in [0.15, 0.2) is 0 Å². The number of anilines is 1. The Morgan fingerprint density at radius 3 is 2.53 bits per heavy atom. The van der Waals surface area contributed by atoms with Crippen molar-refractivity contribution in [2.75, 3.05) is 19.0 Å². The molecule has 4 atom stereocenters. The minimum Gasteiger partial charge on any atom is -0.497 e. The Morgan fingerprint density at radius 1 is 0.957 bits per heavy atom. The molecule has 0 bridgehead atoms. The molecule has 10 nitrogen and oxygen atoms in total. The largest absolute Gasteiger partial charge is 0.497 e. The number of methoxy groups -OCH3 is 1. The second-order valence-electron chi connectivity index (χ2n) is 12.1. The van der Waals surface area contributed by atoms with Gasteiger partial charge in [0.1, 0.15) is 41.1 Å². The second-order valence-corrected chi connectivity index (χ2v) is 12.9. The first-order chi connectivity index (χ1) is 22.8. The normalized spacial score (nSPS) is 20.8. The Morgan fingerprint density at radius 2 is 1.74 bits per heavy atom. The van der Waals surface area contributed by atoms with E-state index in [0.29, 0.717) is 36.0 Å². The van der Waals surface area contributed by atoms with Crippen molar-refractivity contribution in [2.24, 2.45) is 5.41 Å². The fraction of sp³-hybridized carbons (Fsp3) is 0.250. The van der Waals surface area contributed by atoms with Crippen molar-refractivity contribution < 1.29 is 24.4 Å². The highest BCUT2D eigenvalue weighted by Gasteiger charge is 2.51. The third-order valence-corrected chi connectivity index (χ3v) is 9.43. The van der Waals surface area contributed by atoms with Crippen molar-refractivity contribution in [3.8, 4) is 23.1 Å². The van der Waals surface area contributed by atoms with Gasteiger partial charge in [-0.15, -0.1) is 0 Å². The van der Waals surface area contributed by atoms with Crippen molar-refractivity contribution in [2.45, 2.75) is 38.1 Å². The van der Waals surface area contributed by atoms with Crippen LogP contribution in [0.1, 0.15) is 24.9 Å². The molecule has 1 aliphatic rings. The van der Waals surface area contributed by atoms with E-state index in [-0.39, 0.29) is 6.61 Å². The number of pyridine rings is 1. The number of nitrogens with one attached hydrogen (secondary N) is 1. The molecule has 3 aromatic carbocycles. The third kappa shape index (κ3) is 6.21. The summed E-state index contributed by atoms with van der Waals surface area (Å²) in [5.74, 6) is 3.25. The summed E-state index contributed by atoms with van der Waals surface area (Å²) in [5, 5.41) is 27.6. The van der Waals surface area contributed by atoms with E-state index < -0.39 is 23.7 Å². The topological polar surface area (TPSA) is 124 Å². The molecule has 1 aliphatic carbocycles. The number of hydrogen-bond acceptors (Lipinski definition) is 9. The van der Waals surface area contributed by atoms with E-state index in [9.17, 15) is 10.2 Å². The molecule has 0 radical (unpaired) electrons. The number of rotatable bonds is 10. The van der Waals surface area contributed by atoms with E-state index in [1.54, 1.807) is 7.11 Å². The molecule has 0 saturated heterocycles. The molecule has 0 amide bonds. The number of para-hydroxylation sites is 1. The van der Waals surface area contributed by atoms with Gasteiger partial charge in [-0.2, -0.15) is 0 Å². The number of ether oxygens (including phenoxy) is 3. The van der Waals surface area contributed by atoms with E-state index in [1.807, 2.05) is 103 Å². The molecule has 7 rings (SSSR count). The van der Waals surface area contributed by atoms with E-state index in [2.05, 4.69) is 31.2 Å². The van der Waals surface area contributed by atoms with Gasteiger partial charge < -0.3 is 34.3 Å².